The van der Waals surface area contributed by atoms with Crippen LogP contribution in [0.2, 0.25) is 0 Å². The Bertz CT molecular complexity index is 1380. The van der Waals surface area contributed by atoms with Crippen LogP contribution in [0.5, 0.6) is 5.75 Å². The van der Waals surface area contributed by atoms with Crippen LogP contribution in [0.15, 0.2) is 42.5 Å². The summed E-state index contributed by atoms with van der Waals surface area (Å²) in [5.41, 5.74) is 3.98. The topological polar surface area (TPSA) is 97.4 Å². The molecule has 2 aliphatic heterocycles. The molecule has 0 saturated heterocycles. The Morgan fingerprint density at radius 2 is 1.97 bits per heavy atom. The number of esters is 1. The zero-order chi connectivity index (χ0) is 23.4. The molecule has 3 heterocycles. The van der Waals surface area contributed by atoms with Gasteiger partial charge in [0.1, 0.15) is 11.4 Å². The highest BCUT2D eigenvalue weighted by Crippen LogP contribution is 2.54. The zero-order valence-corrected chi connectivity index (χ0v) is 18.7. The molecule has 1 amide bonds. The predicted octanol–water partition coefficient (Wildman–Crippen LogP) is 3.55. The Hall–Kier alpha value is -4.12. The lowest BCUT2D eigenvalue weighted by Crippen LogP contribution is -2.44. The summed E-state index contributed by atoms with van der Waals surface area (Å²) in [5, 5.41) is 13.8. The number of rotatable bonds is 4. The van der Waals surface area contributed by atoms with Gasteiger partial charge in [0, 0.05) is 29.6 Å². The standard InChI is InChI=1S/C26H22N4O4/c1-2-33-25(32)22-21-23(30(28-22)19-7-8-20-17(13-19)9-12-34-20)24(31)29(15-26(21)10-11-26)18-5-3-16(14-27)4-6-18/h3-8,13H,2,9-12,15H2,1H3. The molecular formula is C26H22N4O4. The fraction of sp³-hybridized carbons (Fsp3) is 0.308. The SMILES string of the molecule is CCOC(=O)c1nn(-c2ccc3c(c2)CCO3)c2c1C1(CC1)CN(c1ccc(C#N)cc1)C2=O. The summed E-state index contributed by atoms with van der Waals surface area (Å²) < 4.78 is 12.5. The largest absolute Gasteiger partial charge is 0.493 e. The number of hydrogen-bond donors (Lipinski definition) is 0. The van der Waals surface area contributed by atoms with E-state index in [0.29, 0.717) is 41.3 Å². The quantitative estimate of drug-likeness (QED) is 0.560. The normalized spacial score (nSPS) is 17.1. The first-order valence-electron chi connectivity index (χ1n) is 11.4. The number of ether oxygens (including phenoxy) is 2. The van der Waals surface area contributed by atoms with E-state index in [1.54, 1.807) is 40.8 Å². The fourth-order valence-electron chi connectivity index (χ4n) is 5.02. The van der Waals surface area contributed by atoms with Crippen molar-refractivity contribution in [2.24, 2.45) is 0 Å². The molecule has 0 N–H and O–H groups in total. The molecule has 170 valence electrons. The number of nitriles is 1. The van der Waals surface area contributed by atoms with Crippen LogP contribution in [0.3, 0.4) is 0 Å². The first-order chi connectivity index (χ1) is 16.5. The maximum atomic E-state index is 13.9. The lowest BCUT2D eigenvalue weighted by molar-refractivity contribution is 0.0516. The van der Waals surface area contributed by atoms with Crippen LogP contribution in [0.4, 0.5) is 5.69 Å². The second-order valence-corrected chi connectivity index (χ2v) is 8.93. The van der Waals surface area contributed by atoms with Crippen molar-refractivity contribution in [3.05, 3.63) is 70.5 Å². The first kappa shape index (κ1) is 20.5. The summed E-state index contributed by atoms with van der Waals surface area (Å²) in [6.07, 6.45) is 2.50. The first-order valence-corrected chi connectivity index (χ1v) is 11.4. The highest BCUT2D eigenvalue weighted by Gasteiger charge is 2.56. The number of carbonyl (C=O) groups is 2. The summed E-state index contributed by atoms with van der Waals surface area (Å²) in [4.78, 5) is 28.6. The molecule has 1 aromatic heterocycles. The molecule has 3 aromatic rings. The molecule has 1 saturated carbocycles. The van der Waals surface area contributed by atoms with Gasteiger partial charge in [0.25, 0.3) is 5.91 Å². The van der Waals surface area contributed by atoms with Crippen molar-refractivity contribution in [1.29, 1.82) is 5.26 Å². The second kappa shape index (κ2) is 7.45. The summed E-state index contributed by atoms with van der Waals surface area (Å²) in [6.45, 7) is 3.07. The van der Waals surface area contributed by atoms with Gasteiger partial charge in [0.05, 0.1) is 30.5 Å². The van der Waals surface area contributed by atoms with Gasteiger partial charge in [-0.1, -0.05) is 0 Å². The van der Waals surface area contributed by atoms with Gasteiger partial charge in [-0.25, -0.2) is 9.48 Å². The lowest BCUT2D eigenvalue weighted by atomic mass is 9.88. The van der Waals surface area contributed by atoms with E-state index in [4.69, 9.17) is 14.7 Å². The minimum absolute atomic E-state index is 0.221. The molecule has 1 spiro atoms. The third kappa shape index (κ3) is 3.00. The summed E-state index contributed by atoms with van der Waals surface area (Å²) >= 11 is 0. The number of nitrogens with zero attached hydrogens (tertiary/aromatic N) is 4. The van der Waals surface area contributed by atoms with Crippen molar-refractivity contribution < 1.29 is 19.1 Å². The van der Waals surface area contributed by atoms with Crippen molar-refractivity contribution >= 4 is 17.6 Å². The van der Waals surface area contributed by atoms with Gasteiger partial charge in [0.2, 0.25) is 0 Å². The number of amides is 1. The molecular weight excluding hydrogens is 432 g/mol. The van der Waals surface area contributed by atoms with Crippen molar-refractivity contribution in [3.8, 4) is 17.5 Å². The molecule has 0 unspecified atom stereocenters. The van der Waals surface area contributed by atoms with Crippen LogP contribution in [0, 0.1) is 11.3 Å². The number of hydrogen-bond acceptors (Lipinski definition) is 6. The van der Waals surface area contributed by atoms with E-state index in [0.717, 1.165) is 30.6 Å². The molecule has 6 rings (SSSR count). The van der Waals surface area contributed by atoms with Gasteiger partial charge in [-0.3, -0.25) is 4.79 Å². The predicted molar refractivity (Wildman–Crippen MR) is 122 cm³/mol. The Morgan fingerprint density at radius 1 is 1.21 bits per heavy atom. The van der Waals surface area contributed by atoms with Gasteiger partial charge in [-0.05, 0) is 67.8 Å². The monoisotopic (exact) mass is 454 g/mol. The van der Waals surface area contributed by atoms with Gasteiger partial charge < -0.3 is 14.4 Å². The van der Waals surface area contributed by atoms with Gasteiger partial charge in [0.15, 0.2) is 5.69 Å². The molecule has 8 heteroatoms. The summed E-state index contributed by atoms with van der Waals surface area (Å²) in [6, 6.07) is 14.8. The van der Waals surface area contributed by atoms with Crippen molar-refractivity contribution in [1.82, 2.24) is 9.78 Å². The number of benzene rings is 2. The fourth-order valence-corrected chi connectivity index (χ4v) is 5.02. The summed E-state index contributed by atoms with van der Waals surface area (Å²) in [7, 11) is 0. The average Bonchev–Trinajstić information content (AvgIpc) is 3.28. The number of anilines is 1. The van der Waals surface area contributed by atoms with E-state index < -0.39 is 5.97 Å². The van der Waals surface area contributed by atoms with Crippen LogP contribution < -0.4 is 9.64 Å². The molecule has 0 radical (unpaired) electrons. The Balaban J connectivity index is 1.53. The number of fused-ring (bicyclic) bond motifs is 3. The Morgan fingerprint density at radius 3 is 2.68 bits per heavy atom. The van der Waals surface area contributed by atoms with E-state index >= 15 is 0 Å². The maximum Gasteiger partial charge on any atom is 0.359 e. The molecule has 1 fully saturated rings. The molecule has 0 bridgehead atoms. The molecule has 1 aliphatic carbocycles. The van der Waals surface area contributed by atoms with E-state index in [9.17, 15) is 9.59 Å². The van der Waals surface area contributed by atoms with Crippen molar-refractivity contribution in [2.75, 3.05) is 24.7 Å². The average molecular weight is 454 g/mol. The minimum atomic E-state index is -0.507. The zero-order valence-electron chi connectivity index (χ0n) is 18.7. The van der Waals surface area contributed by atoms with Crippen molar-refractivity contribution in [2.45, 2.75) is 31.6 Å². The van der Waals surface area contributed by atoms with Crippen LogP contribution in [-0.4, -0.2) is 41.4 Å². The van der Waals surface area contributed by atoms with Crippen LogP contribution in [-0.2, 0) is 16.6 Å². The summed E-state index contributed by atoms with van der Waals surface area (Å²) in [5.74, 6) is 0.101. The minimum Gasteiger partial charge on any atom is -0.493 e. The van der Waals surface area contributed by atoms with Gasteiger partial charge in [-0.2, -0.15) is 10.4 Å². The number of aromatic nitrogens is 2. The third-order valence-electron chi connectivity index (χ3n) is 6.87. The highest BCUT2D eigenvalue weighted by atomic mass is 16.5. The molecule has 34 heavy (non-hydrogen) atoms. The van der Waals surface area contributed by atoms with E-state index in [1.807, 2.05) is 18.2 Å². The second-order valence-electron chi connectivity index (χ2n) is 8.93. The number of carbonyl (C=O) groups excluding carboxylic acids is 2. The molecule has 3 aliphatic rings. The molecule has 8 nitrogen and oxygen atoms in total. The Labute approximate surface area is 196 Å². The van der Waals surface area contributed by atoms with Gasteiger partial charge in [-0.15, -0.1) is 0 Å². The third-order valence-corrected chi connectivity index (χ3v) is 6.87. The lowest BCUT2D eigenvalue weighted by Gasteiger charge is -2.33. The molecule has 2 aromatic carbocycles. The van der Waals surface area contributed by atoms with Crippen molar-refractivity contribution in [3.63, 3.8) is 0 Å². The molecule has 0 atom stereocenters. The Kier molecular flexibility index (Phi) is 4.49. The van der Waals surface area contributed by atoms with E-state index in [1.165, 1.54) is 0 Å². The maximum absolute atomic E-state index is 13.9. The van der Waals surface area contributed by atoms with E-state index in [2.05, 4.69) is 11.2 Å². The van der Waals surface area contributed by atoms with Crippen LogP contribution >= 0.6 is 0 Å². The van der Waals surface area contributed by atoms with E-state index in [-0.39, 0.29) is 23.6 Å². The van der Waals surface area contributed by atoms with Crippen LogP contribution in [0.25, 0.3) is 5.69 Å². The van der Waals surface area contributed by atoms with Crippen LogP contribution in [0.1, 0.15) is 57.4 Å². The highest BCUT2D eigenvalue weighted by molar-refractivity contribution is 6.10. The smallest absolute Gasteiger partial charge is 0.359 e. The van der Waals surface area contributed by atoms with Gasteiger partial charge >= 0.3 is 5.97 Å².